The molecule has 1 saturated heterocycles. The number of hydrogen-bond acceptors (Lipinski definition) is 5. The summed E-state index contributed by atoms with van der Waals surface area (Å²) in [7, 11) is 0. The number of carbonyl (C=O) groups is 1. The molecule has 7 nitrogen and oxygen atoms in total. The van der Waals surface area contributed by atoms with E-state index in [0.717, 1.165) is 18.6 Å². The van der Waals surface area contributed by atoms with Crippen molar-refractivity contribution in [2.75, 3.05) is 39.3 Å². The fourth-order valence-corrected chi connectivity index (χ4v) is 2.95. The average molecular weight is 319 g/mol. The first-order valence-corrected chi connectivity index (χ1v) is 7.88. The quantitative estimate of drug-likeness (QED) is 0.847. The Morgan fingerprint density at radius 3 is 2.61 bits per heavy atom. The zero-order chi connectivity index (χ0) is 16.2. The van der Waals surface area contributed by atoms with Gasteiger partial charge in [-0.2, -0.15) is 0 Å². The lowest BCUT2D eigenvalue weighted by Crippen LogP contribution is -2.49. The maximum absolute atomic E-state index is 12.3. The highest BCUT2D eigenvalue weighted by molar-refractivity contribution is 5.77. The number of oxazole rings is 1. The van der Waals surface area contributed by atoms with E-state index in [9.17, 15) is 9.59 Å². The molecule has 0 unspecified atom stereocenters. The van der Waals surface area contributed by atoms with Crippen molar-refractivity contribution in [1.29, 1.82) is 0 Å². The third-order valence-electron chi connectivity index (χ3n) is 4.26. The summed E-state index contributed by atoms with van der Waals surface area (Å²) in [6, 6.07) is 7.22. The van der Waals surface area contributed by atoms with Gasteiger partial charge in [-0.1, -0.05) is 12.1 Å². The molecule has 1 aliphatic heterocycles. The number of aryl methyl sites for hydroxylation is 1. The fourth-order valence-electron chi connectivity index (χ4n) is 2.95. The zero-order valence-corrected chi connectivity index (χ0v) is 13.0. The number of amides is 1. The van der Waals surface area contributed by atoms with Gasteiger partial charge in [-0.3, -0.25) is 14.3 Å². The van der Waals surface area contributed by atoms with Crippen molar-refractivity contribution in [1.82, 2.24) is 14.4 Å². The summed E-state index contributed by atoms with van der Waals surface area (Å²) >= 11 is 0. The first-order valence-electron chi connectivity index (χ1n) is 7.88. The molecule has 0 atom stereocenters. The Kier molecular flexibility index (Phi) is 4.78. The zero-order valence-electron chi connectivity index (χ0n) is 13.0. The predicted molar refractivity (Wildman–Crippen MR) is 85.2 cm³/mol. The lowest BCUT2D eigenvalue weighted by molar-refractivity contribution is -0.133. The van der Waals surface area contributed by atoms with Gasteiger partial charge in [0.1, 0.15) is 0 Å². The topological polar surface area (TPSA) is 78.9 Å². The van der Waals surface area contributed by atoms with Gasteiger partial charge >= 0.3 is 5.76 Å². The molecule has 23 heavy (non-hydrogen) atoms. The average Bonchev–Trinajstić information content (AvgIpc) is 2.89. The van der Waals surface area contributed by atoms with E-state index in [-0.39, 0.29) is 18.9 Å². The van der Waals surface area contributed by atoms with Crippen molar-refractivity contribution in [3.05, 3.63) is 34.8 Å². The Morgan fingerprint density at radius 2 is 1.87 bits per heavy atom. The number of hydrogen-bond donors (Lipinski definition) is 1. The third-order valence-corrected chi connectivity index (χ3v) is 4.26. The molecule has 7 heteroatoms. The highest BCUT2D eigenvalue weighted by atomic mass is 16.4. The molecule has 124 valence electrons. The van der Waals surface area contributed by atoms with Gasteiger partial charge in [0.2, 0.25) is 5.91 Å². The van der Waals surface area contributed by atoms with Crippen LogP contribution in [0.15, 0.2) is 33.5 Å². The number of aliphatic hydroxyl groups is 1. The van der Waals surface area contributed by atoms with Gasteiger partial charge in [0.25, 0.3) is 0 Å². The van der Waals surface area contributed by atoms with Gasteiger partial charge < -0.3 is 14.4 Å². The van der Waals surface area contributed by atoms with E-state index in [0.29, 0.717) is 31.8 Å². The van der Waals surface area contributed by atoms with Crippen LogP contribution in [0.1, 0.15) is 6.42 Å². The monoisotopic (exact) mass is 319 g/mol. The number of aliphatic hydroxyl groups excluding tert-OH is 1. The summed E-state index contributed by atoms with van der Waals surface area (Å²) in [6.07, 6.45) is 0.281. The van der Waals surface area contributed by atoms with Crippen molar-refractivity contribution in [3.8, 4) is 0 Å². The van der Waals surface area contributed by atoms with Crippen LogP contribution in [-0.2, 0) is 11.3 Å². The van der Waals surface area contributed by atoms with Gasteiger partial charge in [0.15, 0.2) is 5.58 Å². The van der Waals surface area contributed by atoms with Gasteiger partial charge in [0, 0.05) is 45.7 Å². The number of piperazine rings is 1. The molecule has 2 heterocycles. The molecule has 1 aromatic heterocycles. The van der Waals surface area contributed by atoms with Crippen LogP contribution in [0.5, 0.6) is 0 Å². The lowest BCUT2D eigenvalue weighted by atomic mass is 10.2. The van der Waals surface area contributed by atoms with E-state index >= 15 is 0 Å². The van der Waals surface area contributed by atoms with Crippen molar-refractivity contribution >= 4 is 17.0 Å². The number of para-hydroxylation sites is 2. The lowest BCUT2D eigenvalue weighted by Gasteiger charge is -2.34. The number of carbonyl (C=O) groups excluding carboxylic acids is 1. The van der Waals surface area contributed by atoms with Crippen LogP contribution in [0.4, 0.5) is 0 Å². The predicted octanol–water partition coefficient (Wildman–Crippen LogP) is 0.121. The molecule has 1 amide bonds. The van der Waals surface area contributed by atoms with E-state index in [2.05, 4.69) is 4.90 Å². The van der Waals surface area contributed by atoms with Crippen LogP contribution >= 0.6 is 0 Å². The molecule has 0 aliphatic carbocycles. The highest BCUT2D eigenvalue weighted by Crippen LogP contribution is 2.12. The Bertz CT molecular complexity index is 728. The van der Waals surface area contributed by atoms with Crippen LogP contribution < -0.4 is 5.76 Å². The summed E-state index contributed by atoms with van der Waals surface area (Å²) < 4.78 is 6.68. The molecule has 0 bridgehead atoms. The number of rotatable bonds is 5. The van der Waals surface area contributed by atoms with E-state index in [1.54, 1.807) is 6.07 Å². The smallest absolute Gasteiger partial charge is 0.408 e. The number of aromatic nitrogens is 1. The minimum Gasteiger partial charge on any atom is -0.408 e. The molecule has 1 fully saturated rings. The van der Waals surface area contributed by atoms with E-state index in [1.807, 2.05) is 23.1 Å². The Morgan fingerprint density at radius 1 is 1.13 bits per heavy atom. The summed E-state index contributed by atoms with van der Waals surface area (Å²) in [6.45, 7) is 4.01. The highest BCUT2D eigenvalue weighted by Gasteiger charge is 2.21. The molecule has 2 aromatic rings. The molecule has 3 rings (SSSR count). The molecule has 0 spiro atoms. The van der Waals surface area contributed by atoms with Crippen LogP contribution in [-0.4, -0.2) is 64.7 Å². The van der Waals surface area contributed by atoms with Crippen LogP contribution in [0.2, 0.25) is 0 Å². The third kappa shape index (κ3) is 3.46. The summed E-state index contributed by atoms with van der Waals surface area (Å²) in [5.74, 6) is -0.377. The van der Waals surface area contributed by atoms with Gasteiger partial charge in [-0.05, 0) is 12.1 Å². The minimum atomic E-state index is -0.424. The number of β-amino-alcohol motifs (C(OH)–C–C–N with tert-alkyl or cyclic N) is 1. The van der Waals surface area contributed by atoms with Crippen molar-refractivity contribution in [3.63, 3.8) is 0 Å². The molecular formula is C16H21N3O4. The number of benzene rings is 1. The van der Waals surface area contributed by atoms with Gasteiger partial charge in [-0.15, -0.1) is 0 Å². The van der Waals surface area contributed by atoms with Crippen molar-refractivity contribution < 1.29 is 14.3 Å². The second-order valence-electron chi connectivity index (χ2n) is 5.68. The van der Waals surface area contributed by atoms with Crippen LogP contribution in [0.25, 0.3) is 11.1 Å². The molecule has 1 aliphatic rings. The first-order chi connectivity index (χ1) is 11.2. The minimum absolute atomic E-state index is 0.0471. The second-order valence-corrected chi connectivity index (χ2v) is 5.68. The van der Waals surface area contributed by atoms with Gasteiger partial charge in [0.05, 0.1) is 12.1 Å². The molecule has 0 radical (unpaired) electrons. The van der Waals surface area contributed by atoms with Crippen molar-refractivity contribution in [2.24, 2.45) is 0 Å². The standard InChI is InChI=1S/C16H21N3O4/c20-12-11-17-7-9-18(10-8-17)15(21)5-6-19-13-3-1-2-4-14(13)23-16(19)22/h1-4,20H,5-12H2. The maximum Gasteiger partial charge on any atom is 0.419 e. The van der Waals surface area contributed by atoms with Gasteiger partial charge in [-0.25, -0.2) is 4.79 Å². The van der Waals surface area contributed by atoms with Crippen LogP contribution in [0.3, 0.4) is 0 Å². The summed E-state index contributed by atoms with van der Waals surface area (Å²) in [5, 5.41) is 8.93. The molecule has 1 aromatic carbocycles. The Balaban J connectivity index is 1.59. The second kappa shape index (κ2) is 6.97. The SMILES string of the molecule is O=C(CCn1c(=O)oc2ccccc21)N1CCN(CCO)CC1. The Hall–Kier alpha value is -2.12. The molecular weight excluding hydrogens is 298 g/mol. The number of fused-ring (bicyclic) bond motifs is 1. The maximum atomic E-state index is 12.3. The first kappa shape index (κ1) is 15.8. The normalized spacial score (nSPS) is 16.1. The molecule has 0 saturated carbocycles. The summed E-state index contributed by atoms with van der Waals surface area (Å²) in [5.41, 5.74) is 1.26. The van der Waals surface area contributed by atoms with E-state index in [1.165, 1.54) is 4.57 Å². The molecule has 1 N–H and O–H groups in total. The van der Waals surface area contributed by atoms with E-state index < -0.39 is 5.76 Å². The fraction of sp³-hybridized carbons (Fsp3) is 0.500. The number of nitrogens with zero attached hydrogens (tertiary/aromatic N) is 3. The largest absolute Gasteiger partial charge is 0.419 e. The van der Waals surface area contributed by atoms with Crippen molar-refractivity contribution in [2.45, 2.75) is 13.0 Å². The summed E-state index contributed by atoms with van der Waals surface area (Å²) in [4.78, 5) is 28.2. The Labute approximate surface area is 133 Å². The van der Waals surface area contributed by atoms with Crippen LogP contribution in [0, 0.1) is 0 Å². The van der Waals surface area contributed by atoms with E-state index in [4.69, 9.17) is 9.52 Å².